The predicted octanol–water partition coefficient (Wildman–Crippen LogP) is 2.24. The maximum atomic E-state index is 5.54. The smallest absolute Gasteiger partial charge is 0.113 e. The number of nitrogens with zero attached hydrogens (tertiary/aromatic N) is 2. The van der Waals surface area contributed by atoms with Crippen LogP contribution in [-0.2, 0) is 12.8 Å². The minimum Gasteiger partial charge on any atom is -0.330 e. The van der Waals surface area contributed by atoms with Crippen LogP contribution in [0.2, 0.25) is 0 Å². The first-order valence-corrected chi connectivity index (χ1v) is 6.09. The molecule has 1 aromatic heterocycles. The summed E-state index contributed by atoms with van der Waals surface area (Å²) in [5.41, 5.74) is 9.06. The average Bonchev–Trinajstić information content (AvgIpc) is 2.72. The lowest BCUT2D eigenvalue weighted by atomic mass is 10.1. The number of hydrogen-bond acceptors (Lipinski definition) is 2. The highest BCUT2D eigenvalue weighted by molar-refractivity contribution is 5.36. The van der Waals surface area contributed by atoms with E-state index in [9.17, 15) is 0 Å². The Bertz CT molecular complexity index is 483. The Morgan fingerprint density at radius 2 is 1.94 bits per heavy atom. The maximum absolute atomic E-state index is 5.54. The fourth-order valence-electron chi connectivity index (χ4n) is 2.01. The van der Waals surface area contributed by atoms with Gasteiger partial charge in [-0.1, -0.05) is 19.1 Å². The van der Waals surface area contributed by atoms with Crippen molar-refractivity contribution >= 4 is 0 Å². The van der Waals surface area contributed by atoms with Crippen LogP contribution in [0, 0.1) is 6.92 Å². The molecule has 0 atom stereocenters. The van der Waals surface area contributed by atoms with Crippen molar-refractivity contribution in [2.24, 2.45) is 5.73 Å². The SMILES string of the molecule is CCc1nc(C)cn1-c1ccc(CCN)cc1. The molecule has 2 aromatic rings. The molecule has 0 unspecified atom stereocenters. The molecule has 0 aliphatic rings. The van der Waals surface area contributed by atoms with Crippen LogP contribution in [-0.4, -0.2) is 16.1 Å². The minimum atomic E-state index is 0.698. The number of aryl methyl sites for hydroxylation is 2. The van der Waals surface area contributed by atoms with Gasteiger partial charge >= 0.3 is 0 Å². The second-order valence-corrected chi connectivity index (χ2v) is 4.23. The zero-order valence-corrected chi connectivity index (χ0v) is 10.5. The minimum absolute atomic E-state index is 0.698. The molecule has 17 heavy (non-hydrogen) atoms. The van der Waals surface area contributed by atoms with E-state index in [1.807, 2.05) is 6.92 Å². The molecule has 0 bridgehead atoms. The molecule has 3 heteroatoms. The molecule has 1 aromatic carbocycles. The Morgan fingerprint density at radius 1 is 1.24 bits per heavy atom. The molecule has 1 heterocycles. The first-order chi connectivity index (χ1) is 8.24. The lowest BCUT2D eigenvalue weighted by Crippen LogP contribution is -2.03. The highest BCUT2D eigenvalue weighted by atomic mass is 15.1. The van der Waals surface area contributed by atoms with E-state index in [2.05, 4.69) is 46.9 Å². The summed E-state index contributed by atoms with van der Waals surface area (Å²) in [6, 6.07) is 8.53. The van der Waals surface area contributed by atoms with Crippen molar-refractivity contribution in [3.05, 3.63) is 47.5 Å². The van der Waals surface area contributed by atoms with Crippen molar-refractivity contribution < 1.29 is 0 Å². The number of hydrogen-bond donors (Lipinski definition) is 1. The van der Waals surface area contributed by atoms with Crippen LogP contribution < -0.4 is 5.73 Å². The molecule has 2 rings (SSSR count). The number of aromatic nitrogens is 2. The van der Waals surface area contributed by atoms with Gasteiger partial charge in [-0.25, -0.2) is 4.98 Å². The van der Waals surface area contributed by atoms with Crippen molar-refractivity contribution in [1.29, 1.82) is 0 Å². The Labute approximate surface area is 102 Å². The lowest BCUT2D eigenvalue weighted by Gasteiger charge is -2.07. The molecule has 90 valence electrons. The van der Waals surface area contributed by atoms with E-state index in [4.69, 9.17) is 5.73 Å². The second kappa shape index (κ2) is 5.15. The van der Waals surface area contributed by atoms with Gasteiger partial charge in [0.25, 0.3) is 0 Å². The Balaban J connectivity index is 2.32. The monoisotopic (exact) mass is 229 g/mol. The van der Waals surface area contributed by atoms with Crippen LogP contribution in [0.4, 0.5) is 0 Å². The first-order valence-electron chi connectivity index (χ1n) is 6.09. The van der Waals surface area contributed by atoms with Gasteiger partial charge in [0.2, 0.25) is 0 Å². The molecular formula is C14H19N3. The quantitative estimate of drug-likeness (QED) is 0.873. The van der Waals surface area contributed by atoms with E-state index >= 15 is 0 Å². The third kappa shape index (κ3) is 2.56. The van der Waals surface area contributed by atoms with E-state index in [0.717, 1.165) is 24.4 Å². The summed E-state index contributed by atoms with van der Waals surface area (Å²) < 4.78 is 2.15. The van der Waals surface area contributed by atoms with Gasteiger partial charge < -0.3 is 10.3 Å². The largest absolute Gasteiger partial charge is 0.330 e. The molecular weight excluding hydrogens is 210 g/mol. The molecule has 0 fully saturated rings. The third-order valence-electron chi connectivity index (χ3n) is 2.86. The highest BCUT2D eigenvalue weighted by Gasteiger charge is 2.05. The fraction of sp³-hybridized carbons (Fsp3) is 0.357. The number of imidazole rings is 1. The number of nitrogens with two attached hydrogens (primary N) is 1. The van der Waals surface area contributed by atoms with Crippen molar-refractivity contribution in [1.82, 2.24) is 9.55 Å². The molecule has 0 aliphatic carbocycles. The van der Waals surface area contributed by atoms with Gasteiger partial charge in [0.05, 0.1) is 5.69 Å². The molecule has 0 saturated heterocycles. The van der Waals surface area contributed by atoms with Gasteiger partial charge in [-0.3, -0.25) is 0 Å². The first kappa shape index (κ1) is 11.9. The maximum Gasteiger partial charge on any atom is 0.113 e. The van der Waals surface area contributed by atoms with Crippen LogP contribution in [0.3, 0.4) is 0 Å². The van der Waals surface area contributed by atoms with E-state index < -0.39 is 0 Å². The van der Waals surface area contributed by atoms with Crippen molar-refractivity contribution in [3.63, 3.8) is 0 Å². The van der Waals surface area contributed by atoms with Gasteiger partial charge in [0.1, 0.15) is 5.82 Å². The third-order valence-corrected chi connectivity index (χ3v) is 2.86. The summed E-state index contributed by atoms with van der Waals surface area (Å²) in [4.78, 5) is 4.51. The van der Waals surface area contributed by atoms with Crippen LogP contribution in [0.1, 0.15) is 24.0 Å². The summed E-state index contributed by atoms with van der Waals surface area (Å²) >= 11 is 0. The molecule has 0 saturated carbocycles. The van der Waals surface area contributed by atoms with Crippen LogP contribution in [0.15, 0.2) is 30.5 Å². The standard InChI is InChI=1S/C14H19N3/c1-3-14-16-11(2)10-17(14)13-6-4-12(5-7-13)8-9-15/h4-7,10H,3,8-9,15H2,1-2H3. The Kier molecular flexibility index (Phi) is 3.59. The second-order valence-electron chi connectivity index (χ2n) is 4.23. The zero-order valence-electron chi connectivity index (χ0n) is 10.5. The average molecular weight is 229 g/mol. The summed E-state index contributed by atoms with van der Waals surface area (Å²) in [6.07, 6.45) is 3.96. The normalized spacial score (nSPS) is 10.8. The summed E-state index contributed by atoms with van der Waals surface area (Å²) in [5.74, 6) is 1.11. The lowest BCUT2D eigenvalue weighted by molar-refractivity contribution is 0.888. The van der Waals surface area contributed by atoms with Gasteiger partial charge in [-0.15, -0.1) is 0 Å². The summed E-state index contributed by atoms with van der Waals surface area (Å²) in [7, 11) is 0. The summed E-state index contributed by atoms with van der Waals surface area (Å²) in [6.45, 7) is 4.85. The fourth-order valence-corrected chi connectivity index (χ4v) is 2.01. The molecule has 0 radical (unpaired) electrons. The Hall–Kier alpha value is -1.61. The van der Waals surface area contributed by atoms with Gasteiger partial charge in [0, 0.05) is 18.3 Å². The van der Waals surface area contributed by atoms with Crippen molar-refractivity contribution in [2.45, 2.75) is 26.7 Å². The molecule has 2 N–H and O–H groups in total. The van der Waals surface area contributed by atoms with E-state index in [1.54, 1.807) is 0 Å². The van der Waals surface area contributed by atoms with E-state index in [-0.39, 0.29) is 0 Å². The van der Waals surface area contributed by atoms with Gasteiger partial charge in [-0.2, -0.15) is 0 Å². The van der Waals surface area contributed by atoms with Crippen LogP contribution >= 0.6 is 0 Å². The molecule has 0 amide bonds. The van der Waals surface area contributed by atoms with Crippen LogP contribution in [0.25, 0.3) is 5.69 Å². The predicted molar refractivity (Wildman–Crippen MR) is 70.4 cm³/mol. The van der Waals surface area contributed by atoms with Gasteiger partial charge in [0.15, 0.2) is 0 Å². The van der Waals surface area contributed by atoms with Crippen molar-refractivity contribution in [2.75, 3.05) is 6.54 Å². The molecule has 0 spiro atoms. The highest BCUT2D eigenvalue weighted by Crippen LogP contribution is 2.14. The zero-order chi connectivity index (χ0) is 12.3. The Morgan fingerprint density at radius 3 is 2.53 bits per heavy atom. The number of rotatable bonds is 4. The van der Waals surface area contributed by atoms with E-state index in [0.29, 0.717) is 6.54 Å². The molecule has 3 nitrogen and oxygen atoms in total. The van der Waals surface area contributed by atoms with Crippen LogP contribution in [0.5, 0.6) is 0 Å². The summed E-state index contributed by atoms with van der Waals surface area (Å²) in [5, 5.41) is 0. The van der Waals surface area contributed by atoms with E-state index in [1.165, 1.54) is 11.3 Å². The topological polar surface area (TPSA) is 43.8 Å². The van der Waals surface area contributed by atoms with Crippen molar-refractivity contribution in [3.8, 4) is 5.69 Å². The van der Waals surface area contributed by atoms with Gasteiger partial charge in [-0.05, 0) is 37.6 Å². The molecule has 0 aliphatic heterocycles. The number of benzene rings is 1.